The van der Waals surface area contributed by atoms with Crippen molar-refractivity contribution < 1.29 is 0 Å². The van der Waals surface area contributed by atoms with E-state index in [2.05, 4.69) is 25.9 Å². The molecule has 11 heavy (non-hydrogen) atoms. The highest BCUT2D eigenvalue weighted by Crippen LogP contribution is 2.26. The van der Waals surface area contributed by atoms with E-state index in [4.69, 9.17) is 11.6 Å². The molecule has 0 saturated carbocycles. The number of nitrogens with zero attached hydrogens (tertiary/aromatic N) is 2. The molecule has 0 spiro atoms. The van der Waals surface area contributed by atoms with Crippen molar-refractivity contribution >= 4 is 49.1 Å². The molecule has 0 aliphatic carbocycles. The molecule has 0 saturated heterocycles. The maximum Gasteiger partial charge on any atom is 0.160 e. The van der Waals surface area contributed by atoms with E-state index in [-0.39, 0.29) is 0 Å². The lowest BCUT2D eigenvalue weighted by Gasteiger charge is -1.85. The van der Waals surface area contributed by atoms with Crippen molar-refractivity contribution in [1.82, 2.24) is 9.97 Å². The number of aromatic nitrogens is 2. The Hall–Kier alpha value is -0.190. The summed E-state index contributed by atoms with van der Waals surface area (Å²) in [6.45, 7) is 0. The molecule has 2 heterocycles. The second-order valence-corrected chi connectivity index (χ2v) is 4.64. The van der Waals surface area contributed by atoms with E-state index in [9.17, 15) is 0 Å². The van der Waals surface area contributed by atoms with Crippen LogP contribution in [0.1, 0.15) is 0 Å². The summed E-state index contributed by atoms with van der Waals surface area (Å²) in [5.74, 6) is 0. The van der Waals surface area contributed by atoms with Gasteiger partial charge in [0.25, 0.3) is 0 Å². The highest BCUT2D eigenvalue weighted by Gasteiger charge is 2.01. The molecular weight excluding hydrogens is 248 g/mol. The molecule has 0 bridgehead atoms. The Morgan fingerprint density at radius 3 is 3.18 bits per heavy atom. The molecule has 5 heteroatoms. The predicted molar refractivity (Wildman–Crippen MR) is 50.1 cm³/mol. The van der Waals surface area contributed by atoms with Crippen molar-refractivity contribution in [2.75, 3.05) is 0 Å². The van der Waals surface area contributed by atoms with Crippen LogP contribution in [0.2, 0.25) is 5.15 Å². The molecule has 0 radical (unpaired) electrons. The van der Waals surface area contributed by atoms with Crippen molar-refractivity contribution in [2.24, 2.45) is 0 Å². The minimum atomic E-state index is 0.482. The van der Waals surface area contributed by atoms with E-state index in [0.717, 1.165) is 14.1 Å². The van der Waals surface area contributed by atoms with Crippen LogP contribution in [-0.2, 0) is 0 Å². The maximum atomic E-state index is 5.67. The number of rotatable bonds is 0. The fourth-order valence-electron chi connectivity index (χ4n) is 0.782. The zero-order valence-electron chi connectivity index (χ0n) is 5.21. The largest absolute Gasteiger partial charge is 0.243 e. The van der Waals surface area contributed by atoms with E-state index < -0.39 is 0 Å². The third-order valence-corrected chi connectivity index (χ3v) is 2.88. The van der Waals surface area contributed by atoms with Gasteiger partial charge >= 0.3 is 0 Å². The highest BCUT2D eigenvalue weighted by atomic mass is 79.9. The van der Waals surface area contributed by atoms with E-state index in [1.807, 2.05) is 0 Å². The first-order valence-corrected chi connectivity index (χ1v) is 4.82. The zero-order chi connectivity index (χ0) is 7.84. The van der Waals surface area contributed by atoms with Gasteiger partial charge in [0.15, 0.2) is 3.92 Å². The van der Waals surface area contributed by atoms with E-state index >= 15 is 0 Å². The van der Waals surface area contributed by atoms with E-state index in [0.29, 0.717) is 5.15 Å². The smallest absolute Gasteiger partial charge is 0.160 e. The normalized spacial score (nSPS) is 10.7. The summed E-state index contributed by atoms with van der Waals surface area (Å²) in [4.78, 5) is 8.12. The molecule has 0 aliphatic heterocycles. The standard InChI is InChI=1S/C6H2BrClN2S/c7-6-10-3-1-5(8)9-2-4(3)11-6/h1-2H. The van der Waals surface area contributed by atoms with Crippen LogP contribution in [0, 0.1) is 0 Å². The van der Waals surface area contributed by atoms with Crippen molar-refractivity contribution in [3.63, 3.8) is 0 Å². The number of thiazole rings is 1. The third kappa shape index (κ3) is 1.38. The summed E-state index contributed by atoms with van der Waals surface area (Å²) in [5.41, 5.74) is 0.891. The molecule has 0 fully saturated rings. The average Bonchev–Trinajstić information content (AvgIpc) is 2.27. The number of hydrogen-bond donors (Lipinski definition) is 0. The third-order valence-electron chi connectivity index (χ3n) is 1.22. The van der Waals surface area contributed by atoms with Gasteiger partial charge in [-0.3, -0.25) is 0 Å². The Morgan fingerprint density at radius 2 is 2.36 bits per heavy atom. The average molecular weight is 250 g/mol. The van der Waals surface area contributed by atoms with Gasteiger partial charge in [-0.2, -0.15) is 0 Å². The number of pyridine rings is 1. The molecule has 0 amide bonds. The van der Waals surface area contributed by atoms with Crippen LogP contribution < -0.4 is 0 Å². The first-order chi connectivity index (χ1) is 5.25. The first kappa shape index (κ1) is 7.46. The topological polar surface area (TPSA) is 25.8 Å². The van der Waals surface area contributed by atoms with Gasteiger partial charge in [-0.1, -0.05) is 11.6 Å². The Kier molecular flexibility index (Phi) is 1.83. The molecule has 2 rings (SSSR count). The lowest BCUT2D eigenvalue weighted by atomic mass is 10.4. The summed E-state index contributed by atoms with van der Waals surface area (Å²) in [7, 11) is 0. The summed E-state index contributed by atoms with van der Waals surface area (Å²) < 4.78 is 1.90. The van der Waals surface area contributed by atoms with Crippen LogP contribution in [0.4, 0.5) is 0 Å². The highest BCUT2D eigenvalue weighted by molar-refractivity contribution is 9.11. The predicted octanol–water partition coefficient (Wildman–Crippen LogP) is 3.11. The molecule has 0 aromatic carbocycles. The fraction of sp³-hybridized carbons (Fsp3) is 0. The Bertz CT molecular complexity index is 400. The number of fused-ring (bicyclic) bond motifs is 1. The molecule has 2 nitrogen and oxygen atoms in total. The molecular formula is C6H2BrClN2S. The van der Waals surface area contributed by atoms with E-state index in [1.165, 1.54) is 0 Å². The van der Waals surface area contributed by atoms with Crippen LogP contribution in [0.15, 0.2) is 16.2 Å². The minimum Gasteiger partial charge on any atom is -0.243 e. The lowest BCUT2D eigenvalue weighted by Crippen LogP contribution is -1.72. The summed E-state index contributed by atoms with van der Waals surface area (Å²) in [6.07, 6.45) is 1.72. The van der Waals surface area contributed by atoms with Gasteiger partial charge in [-0.25, -0.2) is 9.97 Å². The van der Waals surface area contributed by atoms with Gasteiger partial charge in [0.05, 0.1) is 10.2 Å². The number of hydrogen-bond acceptors (Lipinski definition) is 3. The van der Waals surface area contributed by atoms with E-state index in [1.54, 1.807) is 23.6 Å². The quantitative estimate of drug-likeness (QED) is 0.671. The Labute approximate surface area is 80.4 Å². The molecule has 0 aliphatic rings. The van der Waals surface area contributed by atoms with Crippen molar-refractivity contribution in [3.05, 3.63) is 21.3 Å². The molecule has 2 aromatic rings. The van der Waals surface area contributed by atoms with Gasteiger partial charge in [0.2, 0.25) is 0 Å². The SMILES string of the molecule is Clc1cc2nc(Br)sc2cn1. The summed E-state index contributed by atoms with van der Waals surface area (Å²) >= 11 is 10.5. The molecule has 0 N–H and O–H groups in total. The van der Waals surface area contributed by atoms with Gasteiger partial charge in [0.1, 0.15) is 5.15 Å². The van der Waals surface area contributed by atoms with Gasteiger partial charge in [-0.05, 0) is 15.9 Å². The van der Waals surface area contributed by atoms with Crippen LogP contribution in [0.25, 0.3) is 10.2 Å². The molecule has 0 unspecified atom stereocenters. The molecule has 56 valence electrons. The summed E-state index contributed by atoms with van der Waals surface area (Å²) in [6, 6.07) is 1.75. The Morgan fingerprint density at radius 1 is 1.55 bits per heavy atom. The summed E-state index contributed by atoms with van der Waals surface area (Å²) in [5, 5.41) is 0.482. The maximum absolute atomic E-state index is 5.67. The van der Waals surface area contributed by atoms with Gasteiger partial charge < -0.3 is 0 Å². The van der Waals surface area contributed by atoms with Crippen LogP contribution >= 0.6 is 38.9 Å². The zero-order valence-corrected chi connectivity index (χ0v) is 8.37. The van der Waals surface area contributed by atoms with Crippen LogP contribution in [0.3, 0.4) is 0 Å². The van der Waals surface area contributed by atoms with Crippen molar-refractivity contribution in [1.29, 1.82) is 0 Å². The number of halogens is 2. The van der Waals surface area contributed by atoms with Crippen molar-refractivity contribution in [2.45, 2.75) is 0 Å². The molecule has 2 aromatic heterocycles. The van der Waals surface area contributed by atoms with Crippen molar-refractivity contribution in [3.8, 4) is 0 Å². The second-order valence-electron chi connectivity index (χ2n) is 1.94. The first-order valence-electron chi connectivity index (χ1n) is 2.83. The van der Waals surface area contributed by atoms with Crippen LogP contribution in [-0.4, -0.2) is 9.97 Å². The molecule has 0 atom stereocenters. The Balaban J connectivity index is 2.82. The lowest BCUT2D eigenvalue weighted by molar-refractivity contribution is 1.35. The van der Waals surface area contributed by atoms with Crippen LogP contribution in [0.5, 0.6) is 0 Å². The van der Waals surface area contributed by atoms with Gasteiger partial charge in [-0.15, -0.1) is 11.3 Å². The minimum absolute atomic E-state index is 0.482. The fourth-order valence-corrected chi connectivity index (χ4v) is 2.29. The second kappa shape index (κ2) is 2.69. The van der Waals surface area contributed by atoms with Gasteiger partial charge in [0, 0.05) is 12.3 Å². The monoisotopic (exact) mass is 248 g/mol.